The van der Waals surface area contributed by atoms with Gasteiger partial charge in [-0.1, -0.05) is 34.1 Å². The Labute approximate surface area is 116 Å². The Hall–Kier alpha value is -2.21. The molecule has 0 saturated carbocycles. The standard InChI is InChI=1S/C13H8BrNO4/c14-12-4-2-1-3-10(12)9-6-5-8(15(18)19)7-11(9)13(16)17/h1-7H,(H,16,17). The molecule has 0 aliphatic rings. The average molecular weight is 322 g/mol. The fourth-order valence-electron chi connectivity index (χ4n) is 1.74. The summed E-state index contributed by atoms with van der Waals surface area (Å²) in [7, 11) is 0. The molecule has 0 aliphatic carbocycles. The van der Waals surface area contributed by atoms with Crippen LogP contribution in [0, 0.1) is 10.1 Å². The SMILES string of the molecule is O=C(O)c1cc([N+](=O)[O-])ccc1-c1ccccc1Br. The maximum Gasteiger partial charge on any atom is 0.336 e. The summed E-state index contributed by atoms with van der Waals surface area (Å²) >= 11 is 3.34. The molecule has 5 nitrogen and oxygen atoms in total. The summed E-state index contributed by atoms with van der Waals surface area (Å²) < 4.78 is 0.728. The zero-order chi connectivity index (χ0) is 14.0. The molecule has 0 aliphatic heterocycles. The summed E-state index contributed by atoms with van der Waals surface area (Å²) in [6, 6.07) is 10.9. The Morgan fingerprint density at radius 1 is 1.16 bits per heavy atom. The van der Waals surface area contributed by atoms with E-state index in [0.717, 1.165) is 10.5 Å². The molecule has 1 N–H and O–H groups in total. The fraction of sp³-hybridized carbons (Fsp3) is 0. The van der Waals surface area contributed by atoms with Gasteiger partial charge in [-0.3, -0.25) is 10.1 Å². The molecule has 0 fully saturated rings. The number of nitrogens with zero attached hydrogens (tertiary/aromatic N) is 1. The quantitative estimate of drug-likeness (QED) is 0.690. The first-order valence-corrected chi connectivity index (χ1v) is 6.06. The van der Waals surface area contributed by atoms with Gasteiger partial charge in [0, 0.05) is 16.6 Å². The lowest BCUT2D eigenvalue weighted by Gasteiger charge is -2.08. The van der Waals surface area contributed by atoms with E-state index in [1.165, 1.54) is 12.1 Å². The lowest BCUT2D eigenvalue weighted by molar-refractivity contribution is -0.384. The molecule has 0 amide bonds. The second-order valence-corrected chi connectivity index (χ2v) is 4.63. The predicted molar refractivity (Wildman–Crippen MR) is 73.2 cm³/mol. The van der Waals surface area contributed by atoms with Gasteiger partial charge in [0.25, 0.3) is 5.69 Å². The summed E-state index contributed by atoms with van der Waals surface area (Å²) in [5.74, 6) is -1.20. The third-order valence-corrected chi connectivity index (χ3v) is 3.30. The van der Waals surface area contributed by atoms with Crippen LogP contribution in [0.25, 0.3) is 11.1 Å². The van der Waals surface area contributed by atoms with Crippen molar-refractivity contribution in [3.63, 3.8) is 0 Å². The molecule has 0 aromatic heterocycles. The topological polar surface area (TPSA) is 80.4 Å². The van der Waals surface area contributed by atoms with Crippen molar-refractivity contribution < 1.29 is 14.8 Å². The smallest absolute Gasteiger partial charge is 0.336 e. The number of aromatic carboxylic acids is 1. The van der Waals surface area contributed by atoms with Gasteiger partial charge in [0.2, 0.25) is 0 Å². The first kappa shape index (κ1) is 13.2. The molecule has 0 atom stereocenters. The van der Waals surface area contributed by atoms with Crippen LogP contribution in [0.1, 0.15) is 10.4 Å². The summed E-state index contributed by atoms with van der Waals surface area (Å²) in [4.78, 5) is 21.3. The molecule has 0 spiro atoms. The predicted octanol–water partition coefficient (Wildman–Crippen LogP) is 3.72. The lowest BCUT2D eigenvalue weighted by atomic mass is 9.99. The minimum Gasteiger partial charge on any atom is -0.478 e. The third kappa shape index (κ3) is 2.63. The maximum absolute atomic E-state index is 11.2. The van der Waals surface area contributed by atoms with Gasteiger partial charge in [0.15, 0.2) is 0 Å². The number of hydrogen-bond acceptors (Lipinski definition) is 3. The summed E-state index contributed by atoms with van der Waals surface area (Å²) in [5.41, 5.74) is 0.773. The van der Waals surface area contributed by atoms with Crippen molar-refractivity contribution in [1.29, 1.82) is 0 Å². The van der Waals surface area contributed by atoms with Crippen LogP contribution < -0.4 is 0 Å². The van der Waals surface area contributed by atoms with Crippen molar-refractivity contribution in [3.8, 4) is 11.1 Å². The highest BCUT2D eigenvalue weighted by molar-refractivity contribution is 9.10. The normalized spacial score (nSPS) is 10.2. The molecule has 2 aromatic rings. The second-order valence-electron chi connectivity index (χ2n) is 3.77. The van der Waals surface area contributed by atoms with Gasteiger partial charge in [0.1, 0.15) is 0 Å². The van der Waals surface area contributed by atoms with Crippen molar-refractivity contribution in [3.05, 3.63) is 62.6 Å². The molecule has 0 saturated heterocycles. The zero-order valence-corrected chi connectivity index (χ0v) is 11.1. The second kappa shape index (κ2) is 5.19. The van der Waals surface area contributed by atoms with Crippen molar-refractivity contribution in [2.45, 2.75) is 0 Å². The monoisotopic (exact) mass is 321 g/mol. The fourth-order valence-corrected chi connectivity index (χ4v) is 2.24. The van der Waals surface area contributed by atoms with E-state index in [9.17, 15) is 20.0 Å². The van der Waals surface area contributed by atoms with Gasteiger partial charge < -0.3 is 5.11 Å². The minimum absolute atomic E-state index is 0.0962. The number of carbonyl (C=O) groups is 1. The zero-order valence-electron chi connectivity index (χ0n) is 9.54. The van der Waals surface area contributed by atoms with Crippen molar-refractivity contribution in [1.82, 2.24) is 0 Å². The third-order valence-electron chi connectivity index (χ3n) is 2.61. The summed E-state index contributed by atoms with van der Waals surface area (Å²) in [6.07, 6.45) is 0. The Morgan fingerprint density at radius 2 is 1.84 bits per heavy atom. The lowest BCUT2D eigenvalue weighted by Crippen LogP contribution is -2.01. The van der Waals surface area contributed by atoms with E-state index in [2.05, 4.69) is 15.9 Å². The summed E-state index contributed by atoms with van der Waals surface area (Å²) in [5, 5.41) is 19.9. The number of carboxylic acids is 1. The molecule has 0 unspecified atom stereocenters. The van der Waals surface area contributed by atoms with E-state index in [0.29, 0.717) is 11.1 Å². The number of carboxylic acid groups (broad SMARTS) is 1. The highest BCUT2D eigenvalue weighted by atomic mass is 79.9. The van der Waals surface area contributed by atoms with Crippen LogP contribution in [0.3, 0.4) is 0 Å². The van der Waals surface area contributed by atoms with Gasteiger partial charge in [-0.25, -0.2) is 4.79 Å². The Morgan fingerprint density at radius 3 is 2.42 bits per heavy atom. The number of nitro benzene ring substituents is 1. The highest BCUT2D eigenvalue weighted by Crippen LogP contribution is 2.32. The van der Waals surface area contributed by atoms with Gasteiger partial charge in [-0.15, -0.1) is 0 Å². The Kier molecular flexibility index (Phi) is 3.62. The molecule has 6 heteroatoms. The van der Waals surface area contributed by atoms with E-state index in [1.807, 2.05) is 0 Å². The Balaban J connectivity index is 2.67. The molecule has 0 bridgehead atoms. The number of hydrogen-bond donors (Lipinski definition) is 1. The van der Waals surface area contributed by atoms with Crippen molar-refractivity contribution in [2.24, 2.45) is 0 Å². The average Bonchev–Trinajstić information content (AvgIpc) is 2.38. The van der Waals surface area contributed by atoms with E-state index in [4.69, 9.17) is 0 Å². The molecule has 96 valence electrons. The molecule has 0 radical (unpaired) electrons. The first-order valence-electron chi connectivity index (χ1n) is 5.27. The number of non-ortho nitro benzene ring substituents is 1. The van der Waals surface area contributed by atoms with E-state index in [1.54, 1.807) is 24.3 Å². The van der Waals surface area contributed by atoms with E-state index >= 15 is 0 Å². The van der Waals surface area contributed by atoms with Gasteiger partial charge in [-0.2, -0.15) is 0 Å². The molecule has 19 heavy (non-hydrogen) atoms. The Bertz CT molecular complexity index is 669. The van der Waals surface area contributed by atoms with Gasteiger partial charge in [0.05, 0.1) is 10.5 Å². The first-order chi connectivity index (χ1) is 9.00. The molecular weight excluding hydrogens is 314 g/mol. The van der Waals surface area contributed by atoms with Gasteiger partial charge in [-0.05, 0) is 23.3 Å². The number of nitro groups is 1. The molecule has 2 aromatic carbocycles. The van der Waals surface area contributed by atoms with Gasteiger partial charge >= 0.3 is 5.97 Å². The van der Waals surface area contributed by atoms with Crippen molar-refractivity contribution in [2.75, 3.05) is 0 Å². The number of benzene rings is 2. The van der Waals surface area contributed by atoms with Crippen LogP contribution >= 0.6 is 15.9 Å². The highest BCUT2D eigenvalue weighted by Gasteiger charge is 2.18. The van der Waals surface area contributed by atoms with Crippen molar-refractivity contribution >= 4 is 27.6 Å². The van der Waals surface area contributed by atoms with Crippen LogP contribution in [0.15, 0.2) is 46.9 Å². The maximum atomic E-state index is 11.2. The number of rotatable bonds is 3. The van der Waals surface area contributed by atoms with E-state index in [-0.39, 0.29) is 11.3 Å². The van der Waals surface area contributed by atoms with Crippen LogP contribution in [-0.2, 0) is 0 Å². The number of halogens is 1. The summed E-state index contributed by atoms with van der Waals surface area (Å²) in [6.45, 7) is 0. The van der Waals surface area contributed by atoms with Crippen LogP contribution in [0.2, 0.25) is 0 Å². The molecule has 2 rings (SSSR count). The van der Waals surface area contributed by atoms with Crippen LogP contribution in [0.4, 0.5) is 5.69 Å². The van der Waals surface area contributed by atoms with Crippen LogP contribution in [-0.4, -0.2) is 16.0 Å². The van der Waals surface area contributed by atoms with Crippen LogP contribution in [0.5, 0.6) is 0 Å². The molecule has 0 heterocycles. The van der Waals surface area contributed by atoms with E-state index < -0.39 is 10.9 Å². The molecular formula is C13H8BrNO4. The minimum atomic E-state index is -1.20. The largest absolute Gasteiger partial charge is 0.478 e.